The van der Waals surface area contributed by atoms with E-state index >= 15 is 0 Å². The van der Waals surface area contributed by atoms with Gasteiger partial charge in [-0.1, -0.05) is 36.4 Å². The van der Waals surface area contributed by atoms with Crippen LogP contribution in [-0.4, -0.2) is 43.8 Å². The fourth-order valence-electron chi connectivity index (χ4n) is 3.63. The summed E-state index contributed by atoms with van der Waals surface area (Å²) in [5.41, 5.74) is 1.06. The lowest BCUT2D eigenvalue weighted by Crippen LogP contribution is -2.36. The Balaban J connectivity index is 1.34. The molecule has 1 fully saturated rings. The Hall–Kier alpha value is -2.42. The van der Waals surface area contributed by atoms with E-state index in [9.17, 15) is 13.2 Å². The van der Waals surface area contributed by atoms with Crippen molar-refractivity contribution in [3.05, 3.63) is 65.0 Å². The summed E-state index contributed by atoms with van der Waals surface area (Å²) in [4.78, 5) is 14.9. The maximum atomic E-state index is 12.6. The number of rotatable bonds is 6. The molecule has 0 spiro atoms. The van der Waals surface area contributed by atoms with Crippen LogP contribution in [0.5, 0.6) is 0 Å². The molecule has 1 aromatic heterocycles. The van der Waals surface area contributed by atoms with Crippen LogP contribution in [0.4, 0.5) is 4.79 Å². The van der Waals surface area contributed by atoms with Gasteiger partial charge in [0.1, 0.15) is 4.21 Å². The number of amides is 2. The average Bonchev–Trinajstić information content (AvgIpc) is 3.44. The number of hydrogen-bond acceptors (Lipinski definition) is 4. The zero-order valence-electron chi connectivity index (χ0n) is 16.9. The fourth-order valence-corrected chi connectivity index (χ4v) is 6.59. The highest BCUT2D eigenvalue weighted by Gasteiger charge is 2.28. The van der Waals surface area contributed by atoms with Gasteiger partial charge < -0.3 is 10.2 Å². The van der Waals surface area contributed by atoms with E-state index in [4.69, 9.17) is 0 Å². The Morgan fingerprint density at radius 2 is 1.80 bits per heavy atom. The minimum absolute atomic E-state index is 0.194. The Morgan fingerprint density at radius 3 is 2.57 bits per heavy atom. The second-order valence-electron chi connectivity index (χ2n) is 7.53. The zero-order chi connectivity index (χ0) is 21.1. The summed E-state index contributed by atoms with van der Waals surface area (Å²) in [6, 6.07) is 17.5. The molecule has 0 unspecified atom stereocenters. The minimum atomic E-state index is -3.40. The average molecular weight is 444 g/mol. The lowest BCUT2D eigenvalue weighted by molar-refractivity contribution is 0.206. The molecule has 3 aromatic rings. The van der Waals surface area contributed by atoms with Gasteiger partial charge in [0.2, 0.25) is 0 Å². The van der Waals surface area contributed by atoms with E-state index in [0.717, 1.165) is 28.7 Å². The standard InChI is InChI=1S/C22H25N3O3S2/c1-24(16-17-8-9-18-6-2-3-7-19(18)14-17)22(26)23-15-20-10-11-21(29-20)30(27,28)25-12-4-5-13-25/h2-3,6-11,14H,4-5,12-13,15-16H2,1H3,(H,23,26). The van der Waals surface area contributed by atoms with Gasteiger partial charge in [0.25, 0.3) is 10.0 Å². The van der Waals surface area contributed by atoms with E-state index in [2.05, 4.69) is 29.6 Å². The molecular weight excluding hydrogens is 418 g/mol. The van der Waals surface area contributed by atoms with Gasteiger partial charge in [-0.25, -0.2) is 13.2 Å². The number of thiophene rings is 1. The van der Waals surface area contributed by atoms with Crippen LogP contribution in [0.2, 0.25) is 0 Å². The molecule has 8 heteroatoms. The van der Waals surface area contributed by atoms with Crippen LogP contribution in [0.1, 0.15) is 23.3 Å². The largest absolute Gasteiger partial charge is 0.333 e. The fraction of sp³-hybridized carbons (Fsp3) is 0.318. The van der Waals surface area contributed by atoms with Crippen LogP contribution in [0.25, 0.3) is 10.8 Å². The van der Waals surface area contributed by atoms with Crippen molar-refractivity contribution in [1.29, 1.82) is 0 Å². The summed E-state index contributed by atoms with van der Waals surface area (Å²) >= 11 is 1.22. The summed E-state index contributed by atoms with van der Waals surface area (Å²) in [6.45, 7) is 1.98. The zero-order valence-corrected chi connectivity index (χ0v) is 18.5. The molecule has 1 aliphatic heterocycles. The van der Waals surface area contributed by atoms with E-state index in [-0.39, 0.29) is 6.03 Å². The first-order valence-electron chi connectivity index (χ1n) is 9.99. The molecule has 1 aliphatic rings. The van der Waals surface area contributed by atoms with Crippen LogP contribution in [0.3, 0.4) is 0 Å². The van der Waals surface area contributed by atoms with Crippen molar-refractivity contribution >= 4 is 38.2 Å². The van der Waals surface area contributed by atoms with Crippen molar-refractivity contribution in [3.63, 3.8) is 0 Å². The van der Waals surface area contributed by atoms with E-state index in [1.54, 1.807) is 28.4 Å². The number of benzene rings is 2. The van der Waals surface area contributed by atoms with Gasteiger partial charge in [-0.3, -0.25) is 0 Å². The Morgan fingerprint density at radius 1 is 1.07 bits per heavy atom. The maximum absolute atomic E-state index is 12.6. The minimum Gasteiger partial charge on any atom is -0.333 e. The number of carbonyl (C=O) groups excluding carboxylic acids is 1. The number of sulfonamides is 1. The molecule has 0 atom stereocenters. The summed E-state index contributed by atoms with van der Waals surface area (Å²) < 4.78 is 27.1. The molecule has 4 rings (SSSR count). The van der Waals surface area contributed by atoms with Crippen LogP contribution in [-0.2, 0) is 23.1 Å². The van der Waals surface area contributed by atoms with Crippen molar-refractivity contribution < 1.29 is 13.2 Å². The molecule has 2 amide bonds. The van der Waals surface area contributed by atoms with Crippen LogP contribution < -0.4 is 5.32 Å². The third-order valence-corrected chi connectivity index (χ3v) is 8.74. The van der Waals surface area contributed by atoms with Gasteiger partial charge >= 0.3 is 6.03 Å². The van der Waals surface area contributed by atoms with Crippen molar-refractivity contribution in [2.24, 2.45) is 0 Å². The maximum Gasteiger partial charge on any atom is 0.317 e. The monoisotopic (exact) mass is 443 g/mol. The van der Waals surface area contributed by atoms with E-state index in [0.29, 0.717) is 30.4 Å². The van der Waals surface area contributed by atoms with Crippen LogP contribution in [0, 0.1) is 0 Å². The molecule has 0 saturated carbocycles. The highest BCUT2D eigenvalue weighted by Crippen LogP contribution is 2.27. The topological polar surface area (TPSA) is 69.7 Å². The number of carbonyl (C=O) groups is 1. The molecule has 0 bridgehead atoms. The number of urea groups is 1. The van der Waals surface area contributed by atoms with E-state index < -0.39 is 10.0 Å². The first-order valence-corrected chi connectivity index (χ1v) is 12.2. The highest BCUT2D eigenvalue weighted by molar-refractivity contribution is 7.91. The van der Waals surface area contributed by atoms with Gasteiger partial charge in [-0.15, -0.1) is 11.3 Å². The van der Waals surface area contributed by atoms with Crippen LogP contribution >= 0.6 is 11.3 Å². The molecule has 30 heavy (non-hydrogen) atoms. The SMILES string of the molecule is CN(Cc1ccc2ccccc2c1)C(=O)NCc1ccc(S(=O)(=O)N2CCCC2)s1. The first kappa shape index (κ1) is 20.8. The molecule has 0 radical (unpaired) electrons. The molecule has 2 heterocycles. The van der Waals surface area contributed by atoms with Crippen molar-refractivity contribution in [3.8, 4) is 0 Å². The number of nitrogens with one attached hydrogen (secondary N) is 1. The lowest BCUT2D eigenvalue weighted by Gasteiger charge is -2.18. The van der Waals surface area contributed by atoms with E-state index in [1.165, 1.54) is 16.7 Å². The van der Waals surface area contributed by atoms with Gasteiger partial charge in [0, 0.05) is 31.6 Å². The van der Waals surface area contributed by atoms with Crippen molar-refractivity contribution in [2.75, 3.05) is 20.1 Å². The quantitative estimate of drug-likeness (QED) is 0.625. The summed E-state index contributed by atoms with van der Waals surface area (Å²) in [6.07, 6.45) is 1.83. The summed E-state index contributed by atoms with van der Waals surface area (Å²) in [7, 11) is -1.65. The van der Waals surface area contributed by atoms with Gasteiger partial charge in [0.15, 0.2) is 0 Å². The van der Waals surface area contributed by atoms with Crippen LogP contribution in [0.15, 0.2) is 58.8 Å². The predicted molar refractivity (Wildman–Crippen MR) is 120 cm³/mol. The predicted octanol–water partition coefficient (Wildman–Crippen LogP) is 4.03. The molecular formula is C22H25N3O3S2. The molecule has 6 nitrogen and oxygen atoms in total. The molecule has 158 valence electrons. The summed E-state index contributed by atoms with van der Waals surface area (Å²) in [5.74, 6) is 0. The van der Waals surface area contributed by atoms with E-state index in [1.807, 2.05) is 18.2 Å². The Bertz CT molecular complexity index is 1150. The highest BCUT2D eigenvalue weighted by atomic mass is 32.2. The number of hydrogen-bond donors (Lipinski definition) is 1. The van der Waals surface area contributed by atoms with Gasteiger partial charge in [-0.2, -0.15) is 4.31 Å². The first-order chi connectivity index (χ1) is 14.4. The molecule has 1 saturated heterocycles. The second kappa shape index (κ2) is 8.75. The van der Waals surface area contributed by atoms with Gasteiger partial charge in [0.05, 0.1) is 6.54 Å². The Kier molecular flexibility index (Phi) is 6.08. The molecule has 0 aliphatic carbocycles. The lowest BCUT2D eigenvalue weighted by atomic mass is 10.1. The van der Waals surface area contributed by atoms with Crippen molar-refractivity contribution in [2.45, 2.75) is 30.1 Å². The number of nitrogens with zero attached hydrogens (tertiary/aromatic N) is 2. The Labute approximate surface area is 181 Å². The third-order valence-electron chi connectivity index (χ3n) is 5.29. The molecule has 2 aromatic carbocycles. The molecule has 1 N–H and O–H groups in total. The number of fused-ring (bicyclic) bond motifs is 1. The van der Waals surface area contributed by atoms with Gasteiger partial charge in [-0.05, 0) is 47.4 Å². The second-order valence-corrected chi connectivity index (χ2v) is 10.9. The summed E-state index contributed by atoms with van der Waals surface area (Å²) in [5, 5.41) is 5.20. The normalized spacial score (nSPS) is 14.8. The third kappa shape index (κ3) is 4.50. The van der Waals surface area contributed by atoms with Crippen molar-refractivity contribution in [1.82, 2.24) is 14.5 Å². The smallest absolute Gasteiger partial charge is 0.317 e.